The number of carbonyl (C=O) groups excluding carboxylic acids is 1. The molecule has 3 heterocycles. The van der Waals surface area contributed by atoms with Crippen LogP contribution in [0.2, 0.25) is 0 Å². The first-order valence-corrected chi connectivity index (χ1v) is 10.2. The molecule has 4 rings (SSSR count). The van der Waals surface area contributed by atoms with Crippen molar-refractivity contribution < 1.29 is 9.53 Å². The molecule has 0 aliphatic carbocycles. The Morgan fingerprint density at radius 1 is 1.21 bits per heavy atom. The number of aromatic nitrogens is 3. The lowest BCUT2D eigenvalue weighted by Gasteiger charge is -2.31. The van der Waals surface area contributed by atoms with E-state index >= 15 is 0 Å². The Labute approximate surface area is 166 Å². The number of fused-ring (bicyclic) bond motifs is 1. The summed E-state index contributed by atoms with van der Waals surface area (Å²) in [7, 11) is 1.71. The molecule has 28 heavy (non-hydrogen) atoms. The molecule has 1 aromatic heterocycles. The highest BCUT2D eigenvalue weighted by atomic mass is 16.5. The molecule has 0 radical (unpaired) electrons. The minimum atomic E-state index is 0.157. The Balaban J connectivity index is 1.44. The van der Waals surface area contributed by atoms with E-state index in [9.17, 15) is 4.79 Å². The lowest BCUT2D eigenvalue weighted by atomic mass is 9.97. The Morgan fingerprint density at radius 2 is 2.11 bits per heavy atom. The molecule has 1 aromatic carbocycles. The van der Waals surface area contributed by atoms with Gasteiger partial charge in [0.1, 0.15) is 17.4 Å². The fourth-order valence-corrected chi connectivity index (χ4v) is 4.35. The normalized spacial score (nSPS) is 20.5. The predicted octanol–water partition coefficient (Wildman–Crippen LogP) is 2.07. The summed E-state index contributed by atoms with van der Waals surface area (Å²) in [6, 6.07) is 8.28. The molecule has 0 bridgehead atoms. The summed E-state index contributed by atoms with van der Waals surface area (Å²) in [6.45, 7) is 7.04. The van der Waals surface area contributed by atoms with Crippen LogP contribution >= 0.6 is 0 Å². The minimum Gasteiger partial charge on any atom is -0.497 e. The second kappa shape index (κ2) is 8.31. The molecular weight excluding hydrogens is 354 g/mol. The minimum absolute atomic E-state index is 0.157. The van der Waals surface area contributed by atoms with Crippen molar-refractivity contribution in [1.82, 2.24) is 24.6 Å². The summed E-state index contributed by atoms with van der Waals surface area (Å²) in [6.07, 6.45) is 3.02. The summed E-state index contributed by atoms with van der Waals surface area (Å²) in [5.74, 6) is 3.49. The van der Waals surface area contributed by atoms with Crippen LogP contribution in [0, 0.1) is 0 Å². The fraction of sp³-hybridized carbons (Fsp3) is 0.571. The first-order valence-electron chi connectivity index (χ1n) is 10.2. The lowest BCUT2D eigenvalue weighted by molar-refractivity contribution is -0.130. The Hall–Kier alpha value is -2.41. The zero-order valence-electron chi connectivity index (χ0n) is 16.8. The maximum Gasteiger partial charge on any atom is 0.219 e. The van der Waals surface area contributed by atoms with Gasteiger partial charge in [-0.3, -0.25) is 9.69 Å². The van der Waals surface area contributed by atoms with Crippen LogP contribution in [-0.4, -0.2) is 63.8 Å². The van der Waals surface area contributed by atoms with Crippen molar-refractivity contribution in [3.63, 3.8) is 0 Å². The molecule has 1 unspecified atom stereocenters. The number of ether oxygens (including phenoxy) is 1. The van der Waals surface area contributed by atoms with Gasteiger partial charge in [0.15, 0.2) is 0 Å². The standard InChI is InChI=1S/C21H29N5O2/c1-16(27)25-9-4-6-18(15-25)21-23-22-20-8-10-24(11-12-26(20)21)14-17-5-3-7-19(13-17)28-2/h3,5,7,13,18H,4,6,8-12,14-15H2,1-2H3. The van der Waals surface area contributed by atoms with Crippen LogP contribution in [0.15, 0.2) is 24.3 Å². The van der Waals surface area contributed by atoms with Gasteiger partial charge in [-0.15, -0.1) is 10.2 Å². The zero-order valence-corrected chi connectivity index (χ0v) is 16.8. The van der Waals surface area contributed by atoms with Gasteiger partial charge in [0.2, 0.25) is 5.91 Å². The largest absolute Gasteiger partial charge is 0.497 e. The van der Waals surface area contributed by atoms with Crippen molar-refractivity contribution in [2.24, 2.45) is 0 Å². The molecule has 2 aliphatic rings. The second-order valence-corrected chi connectivity index (χ2v) is 7.81. The van der Waals surface area contributed by atoms with Crippen molar-refractivity contribution in [1.29, 1.82) is 0 Å². The molecule has 2 aliphatic heterocycles. The van der Waals surface area contributed by atoms with Crippen molar-refractivity contribution in [3.05, 3.63) is 41.5 Å². The van der Waals surface area contributed by atoms with Crippen molar-refractivity contribution in [3.8, 4) is 5.75 Å². The molecule has 1 atom stereocenters. The highest BCUT2D eigenvalue weighted by Gasteiger charge is 2.29. The Bertz CT molecular complexity index is 834. The SMILES string of the molecule is COc1cccc(CN2CCc3nnc(C4CCCN(C(C)=O)C4)n3CC2)c1. The van der Waals surface area contributed by atoms with Crippen LogP contribution in [0.3, 0.4) is 0 Å². The Morgan fingerprint density at radius 3 is 2.93 bits per heavy atom. The van der Waals surface area contributed by atoms with E-state index in [0.717, 1.165) is 75.9 Å². The van der Waals surface area contributed by atoms with E-state index in [4.69, 9.17) is 4.74 Å². The van der Waals surface area contributed by atoms with Crippen LogP contribution in [0.5, 0.6) is 5.75 Å². The summed E-state index contributed by atoms with van der Waals surface area (Å²) in [5, 5.41) is 9.02. The van der Waals surface area contributed by atoms with Crippen LogP contribution < -0.4 is 4.74 Å². The molecule has 150 valence electrons. The third-order valence-electron chi connectivity index (χ3n) is 5.92. The average molecular weight is 383 g/mol. The van der Waals surface area contributed by atoms with Gasteiger partial charge in [-0.2, -0.15) is 0 Å². The van der Waals surface area contributed by atoms with Crippen LogP contribution in [-0.2, 0) is 24.3 Å². The Kier molecular flexibility index (Phi) is 5.62. The van der Waals surface area contributed by atoms with E-state index in [1.54, 1.807) is 14.0 Å². The van der Waals surface area contributed by atoms with Crippen LogP contribution in [0.4, 0.5) is 0 Å². The molecule has 1 fully saturated rings. The molecule has 2 aromatic rings. The number of benzene rings is 1. The van der Waals surface area contributed by atoms with Gasteiger partial charge in [0.05, 0.1) is 7.11 Å². The van der Waals surface area contributed by atoms with Crippen molar-refractivity contribution >= 4 is 5.91 Å². The maximum atomic E-state index is 11.8. The van der Waals surface area contributed by atoms with Crippen molar-refractivity contribution in [2.45, 2.75) is 45.2 Å². The zero-order chi connectivity index (χ0) is 19.5. The molecule has 0 saturated carbocycles. The van der Waals surface area contributed by atoms with Gasteiger partial charge in [-0.05, 0) is 30.5 Å². The number of hydrogen-bond donors (Lipinski definition) is 0. The van der Waals surface area contributed by atoms with E-state index < -0.39 is 0 Å². The predicted molar refractivity (Wildman–Crippen MR) is 106 cm³/mol. The number of amides is 1. The van der Waals surface area contributed by atoms with Gasteiger partial charge >= 0.3 is 0 Å². The third-order valence-corrected chi connectivity index (χ3v) is 5.92. The summed E-state index contributed by atoms with van der Waals surface area (Å²) < 4.78 is 7.65. The summed E-state index contributed by atoms with van der Waals surface area (Å²) >= 11 is 0. The van der Waals surface area contributed by atoms with Gasteiger partial charge in [0, 0.05) is 58.5 Å². The smallest absolute Gasteiger partial charge is 0.219 e. The van der Waals surface area contributed by atoms with Crippen LogP contribution in [0.25, 0.3) is 0 Å². The number of carbonyl (C=O) groups is 1. The highest BCUT2D eigenvalue weighted by molar-refractivity contribution is 5.73. The first kappa shape index (κ1) is 18.9. The van der Waals surface area contributed by atoms with E-state index in [2.05, 4.69) is 31.8 Å². The highest BCUT2D eigenvalue weighted by Crippen LogP contribution is 2.27. The molecule has 1 saturated heterocycles. The van der Waals surface area contributed by atoms with Crippen molar-refractivity contribution in [2.75, 3.05) is 33.3 Å². The maximum absolute atomic E-state index is 11.8. The van der Waals surface area contributed by atoms with E-state index in [0.29, 0.717) is 5.92 Å². The van der Waals surface area contributed by atoms with E-state index in [1.807, 2.05) is 17.0 Å². The average Bonchev–Trinajstić information content (AvgIpc) is 3.03. The monoisotopic (exact) mass is 383 g/mol. The number of hydrogen-bond acceptors (Lipinski definition) is 5. The number of methoxy groups -OCH3 is 1. The molecule has 7 heteroatoms. The third kappa shape index (κ3) is 4.04. The fourth-order valence-electron chi connectivity index (χ4n) is 4.35. The number of rotatable bonds is 4. The molecule has 0 spiro atoms. The van der Waals surface area contributed by atoms with Crippen LogP contribution in [0.1, 0.15) is 42.9 Å². The topological polar surface area (TPSA) is 63.5 Å². The van der Waals surface area contributed by atoms with Gasteiger partial charge in [0.25, 0.3) is 0 Å². The van der Waals surface area contributed by atoms with E-state index in [1.165, 1.54) is 5.56 Å². The first-order chi connectivity index (χ1) is 13.6. The summed E-state index contributed by atoms with van der Waals surface area (Å²) in [4.78, 5) is 16.2. The molecule has 1 amide bonds. The van der Waals surface area contributed by atoms with E-state index in [-0.39, 0.29) is 5.91 Å². The summed E-state index contributed by atoms with van der Waals surface area (Å²) in [5.41, 5.74) is 1.27. The molecule has 7 nitrogen and oxygen atoms in total. The number of nitrogens with zero attached hydrogens (tertiary/aromatic N) is 5. The lowest BCUT2D eigenvalue weighted by Crippen LogP contribution is -2.38. The molecule has 0 N–H and O–H groups in total. The molecular formula is C21H29N5O2. The van der Waals surface area contributed by atoms with Gasteiger partial charge in [-0.1, -0.05) is 12.1 Å². The second-order valence-electron chi connectivity index (χ2n) is 7.81. The quantitative estimate of drug-likeness (QED) is 0.809. The number of piperidine rings is 1. The van der Waals surface area contributed by atoms with Gasteiger partial charge in [-0.25, -0.2) is 0 Å². The number of likely N-dealkylation sites (tertiary alicyclic amines) is 1. The van der Waals surface area contributed by atoms with Gasteiger partial charge < -0.3 is 14.2 Å².